The van der Waals surface area contributed by atoms with Crippen molar-refractivity contribution in [2.75, 3.05) is 26.2 Å². The summed E-state index contributed by atoms with van der Waals surface area (Å²) in [6, 6.07) is 12.4. The summed E-state index contributed by atoms with van der Waals surface area (Å²) in [6.07, 6.45) is -8.48. The largest absolute Gasteiger partial charge is 0.465 e. The lowest BCUT2D eigenvalue weighted by Gasteiger charge is -2.40. The van der Waals surface area contributed by atoms with Gasteiger partial charge >= 0.3 is 18.3 Å². The normalized spacial score (nSPS) is 17.3. The molecule has 1 fully saturated rings. The smallest absolute Gasteiger partial charge is 0.430 e. The Hall–Kier alpha value is -3.48. The predicted molar refractivity (Wildman–Crippen MR) is 143 cm³/mol. The molecule has 0 saturated carbocycles. The van der Waals surface area contributed by atoms with Gasteiger partial charge in [0.25, 0.3) is 5.60 Å². The monoisotopic (exact) mass is 595 g/mol. The lowest BCUT2D eigenvalue weighted by Crippen LogP contribution is -2.56. The zero-order valence-corrected chi connectivity index (χ0v) is 23.0. The summed E-state index contributed by atoms with van der Waals surface area (Å²) in [4.78, 5) is 21.1. The van der Waals surface area contributed by atoms with E-state index in [2.05, 4.69) is 14.8 Å². The van der Waals surface area contributed by atoms with E-state index >= 15 is 0 Å². The Bertz CT molecular complexity index is 1350. The van der Waals surface area contributed by atoms with Crippen LogP contribution >= 0.6 is 0 Å². The molecule has 2 aromatic carbocycles. The minimum absolute atomic E-state index is 0.270. The van der Waals surface area contributed by atoms with Crippen molar-refractivity contribution >= 4 is 5.97 Å². The van der Waals surface area contributed by atoms with E-state index in [0.29, 0.717) is 56.0 Å². The highest BCUT2D eigenvalue weighted by Gasteiger charge is 2.71. The molecule has 226 valence electrons. The third kappa shape index (κ3) is 6.61. The van der Waals surface area contributed by atoms with Crippen LogP contribution < -0.4 is 0 Å². The molecule has 2 heterocycles. The highest BCUT2D eigenvalue weighted by atomic mass is 19.4. The van der Waals surface area contributed by atoms with Gasteiger partial charge in [-0.05, 0) is 53.8 Å². The third-order valence-corrected chi connectivity index (χ3v) is 7.40. The number of piperazine rings is 1. The summed E-state index contributed by atoms with van der Waals surface area (Å²) in [5.41, 5.74) is -2.52. The summed E-state index contributed by atoms with van der Waals surface area (Å²) < 4.78 is 84.7. The van der Waals surface area contributed by atoms with Gasteiger partial charge in [0, 0.05) is 50.7 Å². The number of aryl methyl sites for hydroxylation is 1. The number of halogens is 6. The second-order valence-corrected chi connectivity index (χ2v) is 10.3. The third-order valence-electron chi connectivity index (χ3n) is 7.40. The van der Waals surface area contributed by atoms with Crippen molar-refractivity contribution < 1.29 is 41.0 Å². The number of pyridine rings is 1. The van der Waals surface area contributed by atoms with Crippen molar-refractivity contribution in [3.05, 3.63) is 89.2 Å². The average molecular weight is 596 g/mol. The highest BCUT2D eigenvalue weighted by molar-refractivity contribution is 5.76. The standard InChI is InChI=1S/C30H31F6N3O3/c1-3-42-27(40)26-19-38(14-15-39(26)18-21-10-12-37-13-11-21)17-22-4-9-25(20(2)16-22)23-5-7-24(8-6-23)28(41,29(31,32)33)30(34,35)36/h4-13,16,26,41H,3,14-15,17-19H2,1-2H3/t26-/m0/s1. The Labute approximate surface area is 239 Å². The molecule has 1 saturated heterocycles. The van der Waals surface area contributed by atoms with Crippen LogP contribution in [0, 0.1) is 6.92 Å². The van der Waals surface area contributed by atoms with E-state index in [4.69, 9.17) is 4.74 Å². The minimum atomic E-state index is -5.94. The molecule has 0 radical (unpaired) electrons. The van der Waals surface area contributed by atoms with Gasteiger partial charge in [-0.15, -0.1) is 0 Å². The van der Waals surface area contributed by atoms with Crippen LogP contribution in [0.1, 0.15) is 29.2 Å². The van der Waals surface area contributed by atoms with Crippen LogP contribution in [0.15, 0.2) is 67.0 Å². The summed E-state index contributed by atoms with van der Waals surface area (Å²) >= 11 is 0. The zero-order chi connectivity index (χ0) is 30.7. The Morgan fingerprint density at radius 3 is 2.14 bits per heavy atom. The van der Waals surface area contributed by atoms with Gasteiger partial charge in [-0.3, -0.25) is 19.6 Å². The van der Waals surface area contributed by atoms with Gasteiger partial charge in [-0.2, -0.15) is 26.3 Å². The van der Waals surface area contributed by atoms with Gasteiger partial charge < -0.3 is 9.84 Å². The maximum atomic E-state index is 13.2. The zero-order valence-electron chi connectivity index (χ0n) is 23.0. The number of carbonyl (C=O) groups is 1. The molecule has 0 bridgehead atoms. The number of esters is 1. The van der Waals surface area contributed by atoms with Crippen molar-refractivity contribution in [3.8, 4) is 11.1 Å². The van der Waals surface area contributed by atoms with Crippen LogP contribution in [0.4, 0.5) is 26.3 Å². The maximum absolute atomic E-state index is 13.2. The average Bonchev–Trinajstić information content (AvgIpc) is 2.93. The van der Waals surface area contributed by atoms with E-state index < -0.39 is 29.6 Å². The number of hydrogen-bond donors (Lipinski definition) is 1. The fourth-order valence-corrected chi connectivity index (χ4v) is 5.18. The molecule has 1 aliphatic rings. The molecule has 0 amide bonds. The van der Waals surface area contributed by atoms with Crippen LogP contribution in [-0.2, 0) is 28.2 Å². The minimum Gasteiger partial charge on any atom is -0.465 e. The summed E-state index contributed by atoms with van der Waals surface area (Å²) in [5, 5.41) is 9.65. The number of nitrogens with zero attached hydrogens (tertiary/aromatic N) is 3. The molecule has 1 N–H and O–H groups in total. The molecule has 0 aliphatic carbocycles. The summed E-state index contributed by atoms with van der Waals surface area (Å²) in [6.45, 7) is 6.72. The van der Waals surface area contributed by atoms with Crippen LogP contribution in [0.2, 0.25) is 0 Å². The molecule has 42 heavy (non-hydrogen) atoms. The Morgan fingerprint density at radius 1 is 0.929 bits per heavy atom. The van der Waals surface area contributed by atoms with Gasteiger partial charge in [0.05, 0.1) is 6.61 Å². The first kappa shape index (κ1) is 31.5. The van der Waals surface area contributed by atoms with Gasteiger partial charge in [-0.1, -0.05) is 42.5 Å². The van der Waals surface area contributed by atoms with Gasteiger partial charge in [-0.25, -0.2) is 0 Å². The van der Waals surface area contributed by atoms with E-state index in [1.54, 1.807) is 32.3 Å². The first-order valence-corrected chi connectivity index (χ1v) is 13.3. The van der Waals surface area contributed by atoms with E-state index in [1.165, 1.54) is 0 Å². The molecule has 6 nitrogen and oxygen atoms in total. The highest BCUT2D eigenvalue weighted by Crippen LogP contribution is 2.50. The topological polar surface area (TPSA) is 65.9 Å². The Kier molecular flexibility index (Phi) is 9.29. The van der Waals surface area contributed by atoms with Crippen molar-refractivity contribution in [2.24, 2.45) is 0 Å². The maximum Gasteiger partial charge on any atom is 0.430 e. The summed E-state index contributed by atoms with van der Waals surface area (Å²) in [7, 11) is 0. The van der Waals surface area contributed by atoms with Crippen molar-refractivity contribution in [1.29, 1.82) is 0 Å². The number of hydrogen-bond acceptors (Lipinski definition) is 6. The van der Waals surface area contributed by atoms with E-state index in [-0.39, 0.29) is 12.6 Å². The van der Waals surface area contributed by atoms with Crippen molar-refractivity contribution in [1.82, 2.24) is 14.8 Å². The number of aromatic nitrogens is 1. The number of ether oxygens (including phenoxy) is 1. The number of carbonyl (C=O) groups excluding carboxylic acids is 1. The molecule has 1 aliphatic heterocycles. The second-order valence-electron chi connectivity index (χ2n) is 10.3. The molecule has 0 spiro atoms. The first-order valence-electron chi connectivity index (χ1n) is 13.3. The molecule has 12 heteroatoms. The SMILES string of the molecule is CCOC(=O)[C@@H]1CN(Cc2ccc(-c3ccc(C(O)(C(F)(F)F)C(F)(F)F)cc3)c(C)c2)CCN1Cc1ccncc1. The lowest BCUT2D eigenvalue weighted by atomic mass is 9.90. The summed E-state index contributed by atoms with van der Waals surface area (Å²) in [5.74, 6) is -0.297. The fourth-order valence-electron chi connectivity index (χ4n) is 5.18. The van der Waals surface area contributed by atoms with Gasteiger partial charge in [0.1, 0.15) is 6.04 Å². The van der Waals surface area contributed by atoms with E-state index in [9.17, 15) is 36.2 Å². The lowest BCUT2D eigenvalue weighted by molar-refractivity contribution is -0.376. The van der Waals surface area contributed by atoms with Crippen LogP contribution in [-0.4, -0.2) is 70.5 Å². The molecule has 4 rings (SSSR count). The molecular weight excluding hydrogens is 564 g/mol. The molecule has 0 unspecified atom stereocenters. The molecule has 3 aromatic rings. The Morgan fingerprint density at radius 2 is 1.57 bits per heavy atom. The van der Waals surface area contributed by atoms with E-state index in [0.717, 1.165) is 28.8 Å². The van der Waals surface area contributed by atoms with Crippen LogP contribution in [0.5, 0.6) is 0 Å². The number of benzene rings is 2. The number of aliphatic hydroxyl groups is 1. The first-order chi connectivity index (χ1) is 19.7. The molecule has 1 aromatic heterocycles. The number of rotatable bonds is 8. The van der Waals surface area contributed by atoms with Crippen molar-refractivity contribution in [2.45, 2.75) is 50.9 Å². The fraction of sp³-hybridized carbons (Fsp3) is 0.400. The van der Waals surface area contributed by atoms with Crippen LogP contribution in [0.3, 0.4) is 0 Å². The van der Waals surface area contributed by atoms with Crippen LogP contribution in [0.25, 0.3) is 11.1 Å². The molecule has 1 atom stereocenters. The Balaban J connectivity index is 1.48. The van der Waals surface area contributed by atoms with Gasteiger partial charge in [0.2, 0.25) is 0 Å². The van der Waals surface area contributed by atoms with Crippen molar-refractivity contribution in [3.63, 3.8) is 0 Å². The number of alkyl halides is 6. The predicted octanol–water partition coefficient (Wildman–Crippen LogP) is 5.62. The van der Waals surface area contributed by atoms with Gasteiger partial charge in [0.15, 0.2) is 0 Å². The quantitative estimate of drug-likeness (QED) is 0.270. The molecular formula is C30H31F6N3O3. The van der Waals surface area contributed by atoms with E-state index in [1.807, 2.05) is 24.3 Å². The second kappa shape index (κ2) is 12.4.